The summed E-state index contributed by atoms with van der Waals surface area (Å²) < 4.78 is 10.1. The molecule has 0 fully saturated rings. The number of methoxy groups -OCH3 is 1. The van der Waals surface area contributed by atoms with Crippen molar-refractivity contribution in [1.82, 2.24) is 0 Å². The van der Waals surface area contributed by atoms with Gasteiger partial charge in [0.05, 0.1) is 7.11 Å². The number of hydrogen-bond acceptors (Lipinski definition) is 3. The molecule has 0 saturated heterocycles. The maximum atomic E-state index is 8.42. The van der Waals surface area contributed by atoms with E-state index in [1.165, 1.54) is 5.56 Å². The fourth-order valence-corrected chi connectivity index (χ4v) is 1.34. The molecular formula is C11H16O3. The van der Waals surface area contributed by atoms with Crippen LogP contribution in [0.1, 0.15) is 12.0 Å². The zero-order valence-electron chi connectivity index (χ0n) is 8.40. The van der Waals surface area contributed by atoms with Crippen LogP contribution < -0.4 is 4.74 Å². The fraction of sp³-hybridized carbons (Fsp3) is 0.455. The maximum absolute atomic E-state index is 8.42. The van der Waals surface area contributed by atoms with Gasteiger partial charge in [0.2, 0.25) is 0 Å². The molecule has 0 heterocycles. The Kier molecular flexibility index (Phi) is 5.04. The predicted molar refractivity (Wildman–Crippen MR) is 54.4 cm³/mol. The molecule has 0 atom stereocenters. The van der Waals surface area contributed by atoms with Crippen LogP contribution in [-0.4, -0.2) is 25.6 Å². The summed E-state index contributed by atoms with van der Waals surface area (Å²) in [6, 6.07) is 7.93. The van der Waals surface area contributed by atoms with Crippen molar-refractivity contribution in [2.75, 3.05) is 20.5 Å². The zero-order valence-corrected chi connectivity index (χ0v) is 8.40. The summed E-state index contributed by atoms with van der Waals surface area (Å²) in [5, 5.41) is 8.42. The van der Waals surface area contributed by atoms with Crippen LogP contribution in [0.2, 0.25) is 0 Å². The smallest absolute Gasteiger partial charge is 0.143 e. The normalized spacial score (nSPS) is 10.1. The summed E-state index contributed by atoms with van der Waals surface area (Å²) in [5.41, 5.74) is 1.18. The van der Waals surface area contributed by atoms with E-state index in [0.717, 1.165) is 18.6 Å². The molecule has 3 nitrogen and oxygen atoms in total. The Bertz CT molecular complexity index is 260. The first-order valence-electron chi connectivity index (χ1n) is 4.69. The van der Waals surface area contributed by atoms with Gasteiger partial charge in [-0.25, -0.2) is 0 Å². The number of ether oxygens (including phenoxy) is 2. The molecule has 0 unspecified atom stereocenters. The van der Waals surface area contributed by atoms with Crippen LogP contribution in [0.4, 0.5) is 0 Å². The van der Waals surface area contributed by atoms with E-state index in [9.17, 15) is 0 Å². The van der Waals surface area contributed by atoms with Gasteiger partial charge in [-0.3, -0.25) is 0 Å². The average Bonchev–Trinajstić information content (AvgIpc) is 2.25. The Morgan fingerprint density at radius 2 is 2.07 bits per heavy atom. The number of hydrogen-bond donors (Lipinski definition) is 1. The van der Waals surface area contributed by atoms with E-state index >= 15 is 0 Å². The summed E-state index contributed by atoms with van der Waals surface area (Å²) in [4.78, 5) is 0. The van der Waals surface area contributed by atoms with E-state index in [1.54, 1.807) is 7.11 Å². The molecule has 0 aliphatic heterocycles. The van der Waals surface area contributed by atoms with Crippen molar-refractivity contribution in [3.05, 3.63) is 29.8 Å². The Labute approximate surface area is 84.3 Å². The minimum atomic E-state index is -0.202. The fourth-order valence-electron chi connectivity index (χ4n) is 1.34. The van der Waals surface area contributed by atoms with Gasteiger partial charge in [-0.05, 0) is 24.5 Å². The highest BCUT2D eigenvalue weighted by molar-refractivity contribution is 5.33. The van der Waals surface area contributed by atoms with Gasteiger partial charge in [0.1, 0.15) is 12.5 Å². The minimum Gasteiger partial charge on any atom is -0.496 e. The second-order valence-corrected chi connectivity index (χ2v) is 2.95. The summed E-state index contributed by atoms with van der Waals surface area (Å²) >= 11 is 0. The van der Waals surface area contributed by atoms with Gasteiger partial charge in [0.15, 0.2) is 0 Å². The molecule has 1 rings (SSSR count). The van der Waals surface area contributed by atoms with E-state index < -0.39 is 0 Å². The number of para-hydroxylation sites is 1. The lowest BCUT2D eigenvalue weighted by Crippen LogP contribution is -1.98. The molecule has 1 aromatic carbocycles. The molecular weight excluding hydrogens is 180 g/mol. The summed E-state index contributed by atoms with van der Waals surface area (Å²) in [6.07, 6.45) is 1.80. The maximum Gasteiger partial charge on any atom is 0.143 e. The molecule has 0 aliphatic carbocycles. The van der Waals surface area contributed by atoms with Crippen molar-refractivity contribution in [2.45, 2.75) is 12.8 Å². The standard InChI is InChI=1S/C11H16O3/c1-13-11-7-3-2-5-10(11)6-4-8-14-9-12/h2-3,5,7,12H,4,6,8-9H2,1H3. The first kappa shape index (κ1) is 11.0. The third kappa shape index (κ3) is 3.36. The number of aliphatic hydroxyl groups is 1. The third-order valence-corrected chi connectivity index (χ3v) is 2.02. The monoisotopic (exact) mass is 196 g/mol. The van der Waals surface area contributed by atoms with Gasteiger partial charge >= 0.3 is 0 Å². The van der Waals surface area contributed by atoms with E-state index in [4.69, 9.17) is 14.6 Å². The van der Waals surface area contributed by atoms with Crippen LogP contribution >= 0.6 is 0 Å². The Balaban J connectivity index is 2.41. The topological polar surface area (TPSA) is 38.7 Å². The van der Waals surface area contributed by atoms with Crippen molar-refractivity contribution in [1.29, 1.82) is 0 Å². The van der Waals surface area contributed by atoms with Crippen LogP contribution in [0.15, 0.2) is 24.3 Å². The zero-order chi connectivity index (χ0) is 10.2. The number of benzene rings is 1. The highest BCUT2D eigenvalue weighted by Crippen LogP contribution is 2.18. The van der Waals surface area contributed by atoms with Crippen molar-refractivity contribution >= 4 is 0 Å². The van der Waals surface area contributed by atoms with Crippen LogP contribution in [0.3, 0.4) is 0 Å². The number of rotatable bonds is 6. The third-order valence-electron chi connectivity index (χ3n) is 2.02. The first-order valence-corrected chi connectivity index (χ1v) is 4.69. The predicted octanol–water partition coefficient (Wildman–Crippen LogP) is 1.59. The number of aliphatic hydroxyl groups excluding tert-OH is 1. The van der Waals surface area contributed by atoms with E-state index in [2.05, 4.69) is 0 Å². The van der Waals surface area contributed by atoms with Crippen molar-refractivity contribution in [3.63, 3.8) is 0 Å². The van der Waals surface area contributed by atoms with E-state index in [-0.39, 0.29) is 6.79 Å². The number of aryl methyl sites for hydroxylation is 1. The molecule has 78 valence electrons. The lowest BCUT2D eigenvalue weighted by Gasteiger charge is -2.07. The van der Waals surface area contributed by atoms with Crippen molar-refractivity contribution in [3.8, 4) is 5.75 Å². The van der Waals surface area contributed by atoms with E-state index in [0.29, 0.717) is 6.61 Å². The minimum absolute atomic E-state index is 0.202. The second-order valence-electron chi connectivity index (χ2n) is 2.95. The molecule has 0 aliphatic rings. The second kappa shape index (κ2) is 6.40. The molecule has 1 N–H and O–H groups in total. The SMILES string of the molecule is COc1ccccc1CCCOCO. The average molecular weight is 196 g/mol. The molecule has 0 amide bonds. The summed E-state index contributed by atoms with van der Waals surface area (Å²) in [6.45, 7) is 0.375. The van der Waals surface area contributed by atoms with Crippen LogP contribution in [0, 0.1) is 0 Å². The van der Waals surface area contributed by atoms with E-state index in [1.807, 2.05) is 24.3 Å². The molecule has 1 aromatic rings. The Hall–Kier alpha value is -1.06. The Morgan fingerprint density at radius 1 is 1.29 bits per heavy atom. The van der Waals surface area contributed by atoms with Crippen LogP contribution in [0.25, 0.3) is 0 Å². The van der Waals surface area contributed by atoms with Crippen molar-refractivity contribution < 1.29 is 14.6 Å². The highest BCUT2D eigenvalue weighted by Gasteiger charge is 2.00. The molecule has 14 heavy (non-hydrogen) atoms. The molecule has 0 bridgehead atoms. The van der Waals surface area contributed by atoms with Gasteiger partial charge < -0.3 is 14.6 Å². The van der Waals surface area contributed by atoms with Crippen molar-refractivity contribution in [2.24, 2.45) is 0 Å². The van der Waals surface area contributed by atoms with Gasteiger partial charge in [-0.15, -0.1) is 0 Å². The summed E-state index contributed by atoms with van der Waals surface area (Å²) in [7, 11) is 1.67. The van der Waals surface area contributed by atoms with Gasteiger partial charge in [0, 0.05) is 6.61 Å². The quantitative estimate of drug-likeness (QED) is 0.554. The van der Waals surface area contributed by atoms with Gasteiger partial charge in [-0.2, -0.15) is 0 Å². The van der Waals surface area contributed by atoms with Crippen LogP contribution in [0.5, 0.6) is 5.75 Å². The highest BCUT2D eigenvalue weighted by atomic mass is 16.6. The molecule has 0 spiro atoms. The molecule has 3 heteroatoms. The molecule has 0 radical (unpaired) electrons. The summed E-state index contributed by atoms with van der Waals surface area (Å²) in [5.74, 6) is 0.913. The lowest BCUT2D eigenvalue weighted by molar-refractivity contribution is -0.00211. The largest absolute Gasteiger partial charge is 0.496 e. The Morgan fingerprint density at radius 3 is 2.79 bits per heavy atom. The van der Waals surface area contributed by atoms with Crippen LogP contribution in [-0.2, 0) is 11.2 Å². The first-order chi connectivity index (χ1) is 6.88. The van der Waals surface area contributed by atoms with Gasteiger partial charge in [-0.1, -0.05) is 18.2 Å². The van der Waals surface area contributed by atoms with Gasteiger partial charge in [0.25, 0.3) is 0 Å². The molecule has 0 aromatic heterocycles. The molecule has 0 saturated carbocycles. The lowest BCUT2D eigenvalue weighted by atomic mass is 10.1.